The number of rotatable bonds is 6. The fraction of sp³-hybridized carbons (Fsp3) is 0.353. The van der Waals surface area contributed by atoms with Crippen molar-refractivity contribution in [1.82, 2.24) is 5.32 Å². The molecule has 0 bridgehead atoms. The van der Waals surface area contributed by atoms with Gasteiger partial charge in [0.05, 0.1) is 6.54 Å². The maximum Gasteiger partial charge on any atom is 0.371 e. The molecule has 112 valence electrons. The summed E-state index contributed by atoms with van der Waals surface area (Å²) in [4.78, 5) is 10.7. The second-order valence-corrected chi connectivity index (χ2v) is 5.50. The molecule has 1 unspecified atom stereocenters. The number of hydrogen-bond donors (Lipinski definition) is 2. The number of hydrogen-bond acceptors (Lipinski definition) is 3. The number of carboxylic acids is 1. The summed E-state index contributed by atoms with van der Waals surface area (Å²) in [6.07, 6.45) is 0. The average Bonchev–Trinajstić information content (AvgIpc) is 2.94. The van der Waals surface area contributed by atoms with Crippen LogP contribution < -0.4 is 5.32 Å². The lowest BCUT2D eigenvalue weighted by Gasteiger charge is -2.14. The Kier molecular flexibility index (Phi) is 4.81. The Bertz CT molecular complexity index is 599. The van der Waals surface area contributed by atoms with Crippen LogP contribution in [0.2, 0.25) is 0 Å². The van der Waals surface area contributed by atoms with Gasteiger partial charge in [0.15, 0.2) is 0 Å². The third-order valence-electron chi connectivity index (χ3n) is 3.56. The van der Waals surface area contributed by atoms with E-state index in [9.17, 15) is 4.79 Å². The van der Waals surface area contributed by atoms with Gasteiger partial charge in [-0.15, -0.1) is 0 Å². The lowest BCUT2D eigenvalue weighted by Crippen LogP contribution is -2.17. The normalized spacial score (nSPS) is 12.6. The molecule has 4 nitrogen and oxygen atoms in total. The SMILES string of the molecule is CC(C)c1ccc(C(C)NCc2ccc(C(=O)O)o2)cc1. The number of aromatic carboxylic acids is 1. The molecule has 0 aliphatic carbocycles. The van der Waals surface area contributed by atoms with Crippen molar-refractivity contribution < 1.29 is 14.3 Å². The van der Waals surface area contributed by atoms with Crippen molar-refractivity contribution in [3.8, 4) is 0 Å². The van der Waals surface area contributed by atoms with Gasteiger partial charge in [-0.2, -0.15) is 0 Å². The molecule has 0 saturated heterocycles. The van der Waals surface area contributed by atoms with Crippen LogP contribution in [0.25, 0.3) is 0 Å². The summed E-state index contributed by atoms with van der Waals surface area (Å²) in [5.41, 5.74) is 2.52. The molecule has 0 fully saturated rings. The molecule has 0 aliphatic rings. The van der Waals surface area contributed by atoms with Crippen LogP contribution in [0.15, 0.2) is 40.8 Å². The molecule has 1 heterocycles. The maximum absolute atomic E-state index is 10.7. The van der Waals surface area contributed by atoms with E-state index in [1.807, 2.05) is 0 Å². The molecule has 2 aromatic rings. The van der Waals surface area contributed by atoms with Crippen molar-refractivity contribution >= 4 is 5.97 Å². The van der Waals surface area contributed by atoms with Gasteiger partial charge in [-0.3, -0.25) is 0 Å². The number of carboxylic acid groups (broad SMARTS) is 1. The van der Waals surface area contributed by atoms with E-state index in [-0.39, 0.29) is 11.8 Å². The molecule has 1 aromatic heterocycles. The molecule has 0 saturated carbocycles. The molecule has 4 heteroatoms. The van der Waals surface area contributed by atoms with E-state index in [0.29, 0.717) is 18.2 Å². The van der Waals surface area contributed by atoms with Gasteiger partial charge in [-0.25, -0.2) is 4.79 Å². The predicted molar refractivity (Wildman–Crippen MR) is 81.5 cm³/mol. The summed E-state index contributed by atoms with van der Waals surface area (Å²) in [5.74, 6) is 0.0808. The van der Waals surface area contributed by atoms with Crippen molar-refractivity contribution in [3.05, 3.63) is 59.0 Å². The molecule has 2 rings (SSSR count). The molecular weight excluding hydrogens is 266 g/mol. The fourth-order valence-corrected chi connectivity index (χ4v) is 2.13. The quantitative estimate of drug-likeness (QED) is 0.844. The number of carbonyl (C=O) groups is 1. The first-order chi connectivity index (χ1) is 9.97. The van der Waals surface area contributed by atoms with Crippen molar-refractivity contribution in [2.45, 2.75) is 39.3 Å². The summed E-state index contributed by atoms with van der Waals surface area (Å²) in [7, 11) is 0. The Morgan fingerprint density at radius 2 is 1.71 bits per heavy atom. The molecule has 0 spiro atoms. The number of nitrogens with one attached hydrogen (secondary N) is 1. The Hall–Kier alpha value is -2.07. The minimum absolute atomic E-state index is 0.0271. The summed E-state index contributed by atoms with van der Waals surface area (Å²) >= 11 is 0. The van der Waals surface area contributed by atoms with Crippen molar-refractivity contribution in [2.24, 2.45) is 0 Å². The van der Waals surface area contributed by atoms with Gasteiger partial charge in [-0.1, -0.05) is 38.1 Å². The van der Waals surface area contributed by atoms with Crippen LogP contribution >= 0.6 is 0 Å². The molecule has 21 heavy (non-hydrogen) atoms. The Balaban J connectivity index is 1.94. The Labute approximate surface area is 124 Å². The average molecular weight is 287 g/mol. The molecule has 0 amide bonds. The highest BCUT2D eigenvalue weighted by Crippen LogP contribution is 2.19. The molecular formula is C17H21NO3. The summed E-state index contributed by atoms with van der Waals surface area (Å²) < 4.78 is 5.22. The number of benzene rings is 1. The first kappa shape index (κ1) is 15.3. The van der Waals surface area contributed by atoms with E-state index in [0.717, 1.165) is 0 Å². The Morgan fingerprint density at radius 1 is 1.10 bits per heavy atom. The van der Waals surface area contributed by atoms with Gasteiger partial charge >= 0.3 is 5.97 Å². The third kappa shape index (κ3) is 3.95. The van der Waals surface area contributed by atoms with Gasteiger partial charge in [-0.05, 0) is 36.1 Å². The van der Waals surface area contributed by atoms with Gasteiger partial charge in [0, 0.05) is 6.04 Å². The highest BCUT2D eigenvalue weighted by molar-refractivity contribution is 5.84. The summed E-state index contributed by atoms with van der Waals surface area (Å²) in [6.45, 7) is 6.92. The van der Waals surface area contributed by atoms with E-state index in [4.69, 9.17) is 9.52 Å². The second kappa shape index (κ2) is 6.59. The minimum Gasteiger partial charge on any atom is -0.475 e. The minimum atomic E-state index is -1.04. The van der Waals surface area contributed by atoms with Crippen LogP contribution in [0.3, 0.4) is 0 Å². The summed E-state index contributed by atoms with van der Waals surface area (Å²) in [5, 5.41) is 12.1. The van der Waals surface area contributed by atoms with Crippen LogP contribution in [0, 0.1) is 0 Å². The zero-order valence-electron chi connectivity index (χ0n) is 12.6. The Morgan fingerprint density at radius 3 is 2.24 bits per heavy atom. The molecule has 1 aromatic carbocycles. The second-order valence-electron chi connectivity index (χ2n) is 5.50. The molecule has 2 N–H and O–H groups in total. The topological polar surface area (TPSA) is 62.5 Å². The van der Waals surface area contributed by atoms with E-state index < -0.39 is 5.97 Å². The first-order valence-corrected chi connectivity index (χ1v) is 7.12. The zero-order valence-corrected chi connectivity index (χ0v) is 12.6. The van der Waals surface area contributed by atoms with Gasteiger partial charge in [0.25, 0.3) is 0 Å². The van der Waals surface area contributed by atoms with Crippen molar-refractivity contribution in [2.75, 3.05) is 0 Å². The van der Waals surface area contributed by atoms with Crippen molar-refractivity contribution in [3.63, 3.8) is 0 Å². The zero-order chi connectivity index (χ0) is 15.4. The van der Waals surface area contributed by atoms with Crippen LogP contribution in [0.4, 0.5) is 0 Å². The standard InChI is InChI=1S/C17H21NO3/c1-11(2)13-4-6-14(7-5-13)12(3)18-10-15-8-9-16(21-15)17(19)20/h4-9,11-12,18H,10H2,1-3H3,(H,19,20). The van der Waals surface area contributed by atoms with Crippen LogP contribution in [-0.2, 0) is 6.54 Å². The van der Waals surface area contributed by atoms with Gasteiger partial charge in [0.2, 0.25) is 5.76 Å². The summed E-state index contributed by atoms with van der Waals surface area (Å²) in [6, 6.07) is 11.9. The highest BCUT2D eigenvalue weighted by atomic mass is 16.4. The molecule has 1 atom stereocenters. The largest absolute Gasteiger partial charge is 0.475 e. The van der Waals surface area contributed by atoms with Crippen molar-refractivity contribution in [1.29, 1.82) is 0 Å². The van der Waals surface area contributed by atoms with E-state index in [1.165, 1.54) is 17.2 Å². The lowest BCUT2D eigenvalue weighted by atomic mass is 9.99. The molecule has 0 aliphatic heterocycles. The highest BCUT2D eigenvalue weighted by Gasteiger charge is 2.10. The first-order valence-electron chi connectivity index (χ1n) is 7.12. The van der Waals surface area contributed by atoms with E-state index in [1.54, 1.807) is 6.07 Å². The van der Waals surface area contributed by atoms with Crippen LogP contribution in [0.5, 0.6) is 0 Å². The fourth-order valence-electron chi connectivity index (χ4n) is 2.13. The van der Waals surface area contributed by atoms with Crippen LogP contribution in [-0.4, -0.2) is 11.1 Å². The predicted octanol–water partition coefficient (Wildman–Crippen LogP) is 3.95. The molecule has 0 radical (unpaired) electrons. The number of furan rings is 1. The van der Waals surface area contributed by atoms with E-state index in [2.05, 4.69) is 50.4 Å². The van der Waals surface area contributed by atoms with E-state index >= 15 is 0 Å². The van der Waals surface area contributed by atoms with Gasteiger partial charge < -0.3 is 14.8 Å². The third-order valence-corrected chi connectivity index (χ3v) is 3.56. The van der Waals surface area contributed by atoms with Crippen LogP contribution in [0.1, 0.15) is 60.2 Å². The smallest absolute Gasteiger partial charge is 0.371 e. The lowest BCUT2D eigenvalue weighted by molar-refractivity contribution is 0.0660. The van der Waals surface area contributed by atoms with Gasteiger partial charge in [0.1, 0.15) is 5.76 Å². The monoisotopic (exact) mass is 287 g/mol. The maximum atomic E-state index is 10.7.